The van der Waals surface area contributed by atoms with E-state index in [9.17, 15) is 4.79 Å². The highest BCUT2D eigenvalue weighted by Gasteiger charge is 2.13. The third-order valence-corrected chi connectivity index (χ3v) is 4.12. The van der Waals surface area contributed by atoms with Crippen molar-refractivity contribution < 1.29 is 4.79 Å². The molecule has 7 heteroatoms. The molecule has 6 nitrogen and oxygen atoms in total. The molecule has 0 bridgehead atoms. The third-order valence-electron chi connectivity index (χ3n) is 3.77. The molecule has 126 valence electrons. The van der Waals surface area contributed by atoms with E-state index in [4.69, 9.17) is 16.9 Å². The molecule has 24 heavy (non-hydrogen) atoms. The Labute approximate surface area is 146 Å². The molecular formula is C17H20ClN5O. The number of halogens is 1. The van der Waals surface area contributed by atoms with Gasteiger partial charge in [0, 0.05) is 23.7 Å². The summed E-state index contributed by atoms with van der Waals surface area (Å²) >= 11 is 6.25. The fourth-order valence-electron chi connectivity index (χ4n) is 2.52. The summed E-state index contributed by atoms with van der Waals surface area (Å²) in [6.07, 6.45) is 4.07. The Balaban J connectivity index is 1.97. The quantitative estimate of drug-likeness (QED) is 0.834. The van der Waals surface area contributed by atoms with E-state index >= 15 is 0 Å². The van der Waals surface area contributed by atoms with Crippen molar-refractivity contribution in [3.63, 3.8) is 0 Å². The summed E-state index contributed by atoms with van der Waals surface area (Å²) in [6.45, 7) is 4.61. The second-order valence-corrected chi connectivity index (χ2v) is 5.77. The number of hydrogen-bond donors (Lipinski definition) is 1. The molecule has 1 heterocycles. The van der Waals surface area contributed by atoms with Crippen molar-refractivity contribution in [3.8, 4) is 6.07 Å². The topological polar surface area (TPSA) is 83.6 Å². The number of aryl methyl sites for hydroxylation is 2. The molecule has 0 saturated heterocycles. The van der Waals surface area contributed by atoms with Crippen molar-refractivity contribution in [1.29, 1.82) is 5.26 Å². The summed E-state index contributed by atoms with van der Waals surface area (Å²) in [4.78, 5) is 16.1. The Morgan fingerprint density at radius 2 is 2.17 bits per heavy atom. The lowest BCUT2D eigenvalue weighted by Crippen LogP contribution is -2.15. The maximum absolute atomic E-state index is 12.3. The monoisotopic (exact) mass is 345 g/mol. The third kappa shape index (κ3) is 4.33. The minimum atomic E-state index is -0.0534. The first kappa shape index (κ1) is 18.0. The molecule has 0 radical (unpaired) electrons. The lowest BCUT2D eigenvalue weighted by atomic mass is 10.0. The van der Waals surface area contributed by atoms with Crippen LogP contribution in [0, 0.1) is 11.3 Å². The Morgan fingerprint density at radius 1 is 1.38 bits per heavy atom. The highest BCUT2D eigenvalue weighted by atomic mass is 35.5. The number of hydrogen-bond acceptors (Lipinski definition) is 4. The number of nitriles is 1. The summed E-state index contributed by atoms with van der Waals surface area (Å²) in [6, 6.07) is 5.71. The van der Waals surface area contributed by atoms with E-state index in [1.807, 2.05) is 25.1 Å². The lowest BCUT2D eigenvalue weighted by Gasteiger charge is -2.16. The molecule has 0 aliphatic carbocycles. The van der Waals surface area contributed by atoms with Crippen molar-refractivity contribution in [1.82, 2.24) is 14.8 Å². The van der Waals surface area contributed by atoms with Crippen LogP contribution in [0.1, 0.15) is 43.6 Å². The standard InChI is InChI=1S/C17H20ClN5O/c1-3-12-7-8-14(18)13(4-2)17(12)21-16(24)6-5-9-23-11-20-15(10-19)22-23/h7-8,11H,3-6,9H2,1-2H3,(H,21,24). The van der Waals surface area contributed by atoms with Crippen molar-refractivity contribution in [2.45, 2.75) is 46.1 Å². The zero-order chi connectivity index (χ0) is 17.5. The van der Waals surface area contributed by atoms with Crippen molar-refractivity contribution >= 4 is 23.2 Å². The first-order valence-electron chi connectivity index (χ1n) is 7.98. The highest BCUT2D eigenvalue weighted by Crippen LogP contribution is 2.29. The maximum Gasteiger partial charge on any atom is 0.252 e. The van der Waals surface area contributed by atoms with E-state index in [0.29, 0.717) is 24.4 Å². The molecule has 0 saturated carbocycles. The minimum absolute atomic E-state index is 0.0534. The van der Waals surface area contributed by atoms with Crippen LogP contribution >= 0.6 is 11.6 Å². The number of nitrogens with zero attached hydrogens (tertiary/aromatic N) is 4. The van der Waals surface area contributed by atoms with Gasteiger partial charge in [-0.25, -0.2) is 4.98 Å². The molecule has 0 spiro atoms. The normalized spacial score (nSPS) is 10.4. The fourth-order valence-corrected chi connectivity index (χ4v) is 2.82. The molecule has 2 aromatic rings. The number of benzene rings is 1. The molecular weight excluding hydrogens is 326 g/mol. The molecule has 0 fully saturated rings. The smallest absolute Gasteiger partial charge is 0.252 e. The molecule has 1 amide bonds. The van der Waals surface area contributed by atoms with Gasteiger partial charge in [-0.15, -0.1) is 5.10 Å². The van der Waals surface area contributed by atoms with Gasteiger partial charge >= 0.3 is 0 Å². The molecule has 1 aromatic heterocycles. The molecule has 0 unspecified atom stereocenters. The van der Waals surface area contributed by atoms with Crippen LogP contribution in [0.4, 0.5) is 5.69 Å². The second-order valence-electron chi connectivity index (χ2n) is 5.36. The maximum atomic E-state index is 12.3. The van der Waals surface area contributed by atoms with Gasteiger partial charge in [-0.2, -0.15) is 5.26 Å². The van der Waals surface area contributed by atoms with E-state index in [0.717, 1.165) is 29.7 Å². The molecule has 0 atom stereocenters. The van der Waals surface area contributed by atoms with Gasteiger partial charge in [0.05, 0.1) is 0 Å². The lowest BCUT2D eigenvalue weighted by molar-refractivity contribution is -0.116. The predicted octanol–water partition coefficient (Wildman–Crippen LogP) is 3.35. The van der Waals surface area contributed by atoms with Crippen LogP contribution in [0.5, 0.6) is 0 Å². The number of amides is 1. The summed E-state index contributed by atoms with van der Waals surface area (Å²) < 4.78 is 1.57. The van der Waals surface area contributed by atoms with Crippen LogP contribution in [0.3, 0.4) is 0 Å². The van der Waals surface area contributed by atoms with Crippen LogP contribution in [0.25, 0.3) is 0 Å². The summed E-state index contributed by atoms with van der Waals surface area (Å²) in [5.41, 5.74) is 2.89. The van der Waals surface area contributed by atoms with Crippen LogP contribution in [0.15, 0.2) is 18.5 Å². The van der Waals surface area contributed by atoms with Gasteiger partial charge in [-0.3, -0.25) is 9.48 Å². The van der Waals surface area contributed by atoms with E-state index in [1.54, 1.807) is 4.68 Å². The number of carbonyl (C=O) groups excluding carboxylic acids is 1. The van der Waals surface area contributed by atoms with E-state index in [2.05, 4.69) is 22.3 Å². The van der Waals surface area contributed by atoms with Crippen LogP contribution < -0.4 is 5.32 Å². The van der Waals surface area contributed by atoms with Gasteiger partial charge in [0.2, 0.25) is 5.91 Å². The molecule has 1 aromatic carbocycles. The van der Waals surface area contributed by atoms with Gasteiger partial charge in [-0.1, -0.05) is 31.5 Å². The molecule has 0 aliphatic rings. The van der Waals surface area contributed by atoms with E-state index in [1.165, 1.54) is 6.33 Å². The Hall–Kier alpha value is -2.39. The zero-order valence-corrected chi connectivity index (χ0v) is 14.6. The van der Waals surface area contributed by atoms with Gasteiger partial charge < -0.3 is 5.32 Å². The Morgan fingerprint density at radius 3 is 2.79 bits per heavy atom. The molecule has 0 aliphatic heterocycles. The van der Waals surface area contributed by atoms with Crippen LogP contribution in [-0.2, 0) is 24.2 Å². The number of nitrogens with one attached hydrogen (secondary N) is 1. The van der Waals surface area contributed by atoms with Gasteiger partial charge in [0.1, 0.15) is 12.4 Å². The van der Waals surface area contributed by atoms with Crippen LogP contribution in [0.2, 0.25) is 5.02 Å². The average molecular weight is 346 g/mol. The van der Waals surface area contributed by atoms with E-state index < -0.39 is 0 Å². The number of carbonyl (C=O) groups is 1. The van der Waals surface area contributed by atoms with Gasteiger partial charge in [0.15, 0.2) is 0 Å². The fraction of sp³-hybridized carbons (Fsp3) is 0.412. The number of rotatable bonds is 7. The summed E-state index contributed by atoms with van der Waals surface area (Å²) in [5.74, 6) is 0.0841. The van der Waals surface area contributed by atoms with Crippen molar-refractivity contribution in [2.24, 2.45) is 0 Å². The Kier molecular flexibility index (Phi) is 6.33. The van der Waals surface area contributed by atoms with E-state index in [-0.39, 0.29) is 11.7 Å². The van der Waals surface area contributed by atoms with Crippen molar-refractivity contribution in [3.05, 3.63) is 40.4 Å². The molecule has 2 rings (SSSR count). The van der Waals surface area contributed by atoms with Crippen LogP contribution in [-0.4, -0.2) is 20.7 Å². The number of anilines is 1. The zero-order valence-electron chi connectivity index (χ0n) is 13.8. The second kappa shape index (κ2) is 8.46. The summed E-state index contributed by atoms with van der Waals surface area (Å²) in [5, 5.41) is 16.3. The molecule has 1 N–H and O–H groups in total. The SMILES string of the molecule is CCc1ccc(Cl)c(CC)c1NC(=O)CCCn1cnc(C#N)n1. The van der Waals surface area contributed by atoms with Gasteiger partial charge in [0.25, 0.3) is 5.82 Å². The minimum Gasteiger partial charge on any atom is -0.326 e. The summed E-state index contributed by atoms with van der Waals surface area (Å²) in [7, 11) is 0. The average Bonchev–Trinajstić information content (AvgIpc) is 3.03. The predicted molar refractivity (Wildman–Crippen MR) is 92.8 cm³/mol. The largest absolute Gasteiger partial charge is 0.326 e. The highest BCUT2D eigenvalue weighted by molar-refractivity contribution is 6.32. The Bertz CT molecular complexity index is 763. The first-order chi connectivity index (χ1) is 11.6. The number of aromatic nitrogens is 3. The van der Waals surface area contributed by atoms with Gasteiger partial charge in [-0.05, 0) is 36.5 Å². The van der Waals surface area contributed by atoms with Crippen molar-refractivity contribution in [2.75, 3.05) is 5.32 Å². The first-order valence-corrected chi connectivity index (χ1v) is 8.36.